The molecule has 8 heteroatoms. The molecular formula is C22H21ClFN3O3. The molecule has 3 amide bonds. The Labute approximate surface area is 178 Å². The maximum atomic E-state index is 14.1. The van der Waals surface area contributed by atoms with Crippen molar-refractivity contribution in [1.29, 1.82) is 0 Å². The molecule has 1 unspecified atom stereocenters. The van der Waals surface area contributed by atoms with E-state index in [4.69, 9.17) is 11.6 Å². The van der Waals surface area contributed by atoms with E-state index in [2.05, 4.69) is 5.32 Å². The fourth-order valence-electron chi connectivity index (χ4n) is 3.91. The molecule has 0 radical (unpaired) electrons. The predicted octanol–water partition coefficient (Wildman–Crippen LogP) is 3.71. The van der Waals surface area contributed by atoms with E-state index in [0.29, 0.717) is 29.4 Å². The summed E-state index contributed by atoms with van der Waals surface area (Å²) in [6.07, 6.45) is 1.87. The van der Waals surface area contributed by atoms with Crippen molar-refractivity contribution in [2.24, 2.45) is 5.92 Å². The number of benzene rings is 2. The van der Waals surface area contributed by atoms with Gasteiger partial charge in [0.1, 0.15) is 5.82 Å². The van der Waals surface area contributed by atoms with Crippen LogP contribution in [0, 0.1) is 11.7 Å². The molecule has 0 spiro atoms. The number of carbonyl (C=O) groups is 3. The van der Waals surface area contributed by atoms with E-state index in [0.717, 1.165) is 12.8 Å². The van der Waals surface area contributed by atoms with Gasteiger partial charge in [-0.2, -0.15) is 0 Å². The van der Waals surface area contributed by atoms with Gasteiger partial charge in [-0.3, -0.25) is 14.4 Å². The summed E-state index contributed by atoms with van der Waals surface area (Å²) in [7, 11) is 0. The summed E-state index contributed by atoms with van der Waals surface area (Å²) in [6.45, 7) is 1.43. The molecule has 2 fully saturated rings. The van der Waals surface area contributed by atoms with Gasteiger partial charge < -0.3 is 15.1 Å². The van der Waals surface area contributed by atoms with E-state index >= 15 is 0 Å². The van der Waals surface area contributed by atoms with Crippen LogP contribution in [0.2, 0.25) is 5.02 Å². The zero-order chi connectivity index (χ0) is 21.3. The molecule has 2 aliphatic rings. The molecule has 1 atom stereocenters. The largest absolute Gasteiger partial charge is 0.339 e. The number of rotatable bonds is 4. The quantitative estimate of drug-likeness (QED) is 0.805. The molecule has 0 aliphatic carbocycles. The van der Waals surface area contributed by atoms with Crippen molar-refractivity contribution in [3.05, 3.63) is 58.9 Å². The third-order valence-electron chi connectivity index (χ3n) is 5.50. The molecular weight excluding hydrogens is 409 g/mol. The number of nitrogens with zero attached hydrogens (tertiary/aromatic N) is 2. The van der Waals surface area contributed by atoms with Crippen LogP contribution < -0.4 is 10.2 Å². The Morgan fingerprint density at radius 2 is 1.83 bits per heavy atom. The molecule has 156 valence electrons. The molecule has 2 aromatic rings. The molecule has 4 rings (SSSR count). The number of likely N-dealkylation sites (tertiary alicyclic amines) is 1. The van der Waals surface area contributed by atoms with E-state index in [9.17, 15) is 18.8 Å². The van der Waals surface area contributed by atoms with E-state index in [1.54, 1.807) is 35.2 Å². The van der Waals surface area contributed by atoms with Crippen LogP contribution in [0.3, 0.4) is 0 Å². The predicted molar refractivity (Wildman–Crippen MR) is 112 cm³/mol. The first-order valence-corrected chi connectivity index (χ1v) is 10.3. The summed E-state index contributed by atoms with van der Waals surface area (Å²) in [5.74, 6) is -2.05. The summed E-state index contributed by atoms with van der Waals surface area (Å²) in [6, 6.07) is 10.7. The second kappa shape index (κ2) is 8.44. The van der Waals surface area contributed by atoms with Gasteiger partial charge >= 0.3 is 0 Å². The van der Waals surface area contributed by atoms with Crippen LogP contribution in [0.5, 0.6) is 0 Å². The van der Waals surface area contributed by atoms with Crippen LogP contribution in [-0.4, -0.2) is 42.3 Å². The molecule has 0 aromatic heterocycles. The van der Waals surface area contributed by atoms with E-state index < -0.39 is 11.7 Å². The maximum absolute atomic E-state index is 14.1. The molecule has 0 bridgehead atoms. The van der Waals surface area contributed by atoms with Crippen molar-refractivity contribution in [2.75, 3.05) is 29.9 Å². The average Bonchev–Trinajstić information content (AvgIpc) is 3.39. The van der Waals surface area contributed by atoms with Gasteiger partial charge in [-0.05, 0) is 43.2 Å². The highest BCUT2D eigenvalue weighted by Crippen LogP contribution is 2.29. The third kappa shape index (κ3) is 4.03. The lowest BCUT2D eigenvalue weighted by Gasteiger charge is -2.19. The van der Waals surface area contributed by atoms with E-state index in [1.807, 2.05) is 0 Å². The fraction of sp³-hybridized carbons (Fsp3) is 0.318. The maximum Gasteiger partial charge on any atom is 0.256 e. The molecule has 6 nitrogen and oxygen atoms in total. The highest BCUT2D eigenvalue weighted by Gasteiger charge is 2.36. The second-order valence-corrected chi connectivity index (χ2v) is 7.97. The van der Waals surface area contributed by atoms with Crippen LogP contribution in [0.1, 0.15) is 29.6 Å². The third-order valence-corrected chi connectivity index (χ3v) is 5.74. The summed E-state index contributed by atoms with van der Waals surface area (Å²) in [5.41, 5.74) is 0.848. The first kappa shape index (κ1) is 20.3. The normalized spacial score (nSPS) is 18.7. The van der Waals surface area contributed by atoms with Gasteiger partial charge in [0, 0.05) is 31.1 Å². The minimum Gasteiger partial charge on any atom is -0.339 e. The molecule has 1 N–H and O–H groups in total. The standard InChI is InChI=1S/C22H21ClFN3O3/c23-15-7-8-18(16(12-15)22(30)26-9-3-4-10-26)25-21(29)14-11-20(28)27(13-14)19-6-2-1-5-17(19)24/h1-2,5-8,12,14H,3-4,9-11,13H2,(H,25,29). The fourth-order valence-corrected chi connectivity index (χ4v) is 4.09. The lowest BCUT2D eigenvalue weighted by atomic mass is 10.1. The molecule has 2 aliphatic heterocycles. The van der Waals surface area contributed by atoms with Gasteiger partial charge in [-0.25, -0.2) is 4.39 Å². The number of nitrogens with one attached hydrogen (secondary N) is 1. The zero-order valence-corrected chi connectivity index (χ0v) is 17.0. The number of hydrogen-bond donors (Lipinski definition) is 1. The lowest BCUT2D eigenvalue weighted by molar-refractivity contribution is -0.122. The minimum atomic E-state index is -0.650. The van der Waals surface area contributed by atoms with Crippen LogP contribution in [0.15, 0.2) is 42.5 Å². The number of halogens is 2. The van der Waals surface area contributed by atoms with Crippen molar-refractivity contribution in [3.8, 4) is 0 Å². The van der Waals surface area contributed by atoms with Gasteiger partial charge in [-0.1, -0.05) is 23.7 Å². The molecule has 2 saturated heterocycles. The smallest absolute Gasteiger partial charge is 0.256 e. The molecule has 0 saturated carbocycles. The van der Waals surface area contributed by atoms with Gasteiger partial charge in [0.25, 0.3) is 5.91 Å². The van der Waals surface area contributed by atoms with Gasteiger partial charge in [0.05, 0.1) is 22.9 Å². The van der Waals surface area contributed by atoms with Gasteiger partial charge in [-0.15, -0.1) is 0 Å². The minimum absolute atomic E-state index is 0.0246. The van der Waals surface area contributed by atoms with Crippen LogP contribution in [0.4, 0.5) is 15.8 Å². The average molecular weight is 430 g/mol. The monoisotopic (exact) mass is 429 g/mol. The van der Waals surface area contributed by atoms with Crippen LogP contribution in [-0.2, 0) is 9.59 Å². The molecule has 2 heterocycles. The van der Waals surface area contributed by atoms with Crippen molar-refractivity contribution in [3.63, 3.8) is 0 Å². The summed E-state index contributed by atoms with van der Waals surface area (Å²) in [4.78, 5) is 41.1. The van der Waals surface area contributed by atoms with Crippen molar-refractivity contribution in [2.45, 2.75) is 19.3 Å². The Balaban J connectivity index is 1.51. The highest BCUT2D eigenvalue weighted by molar-refractivity contribution is 6.31. The Hall–Kier alpha value is -2.93. The summed E-state index contributed by atoms with van der Waals surface area (Å²) < 4.78 is 14.1. The number of hydrogen-bond acceptors (Lipinski definition) is 3. The van der Waals surface area contributed by atoms with Crippen LogP contribution >= 0.6 is 11.6 Å². The number of carbonyl (C=O) groups excluding carboxylic acids is 3. The first-order chi connectivity index (χ1) is 14.4. The van der Waals surface area contributed by atoms with E-state index in [1.165, 1.54) is 17.0 Å². The summed E-state index contributed by atoms with van der Waals surface area (Å²) >= 11 is 6.08. The summed E-state index contributed by atoms with van der Waals surface area (Å²) in [5, 5.41) is 3.17. The SMILES string of the molecule is O=C(Nc1ccc(Cl)cc1C(=O)N1CCCC1)C1CC(=O)N(c2ccccc2F)C1. The van der Waals surface area contributed by atoms with Crippen LogP contribution in [0.25, 0.3) is 0 Å². The first-order valence-electron chi connectivity index (χ1n) is 9.88. The van der Waals surface area contributed by atoms with E-state index in [-0.39, 0.29) is 36.4 Å². The van der Waals surface area contributed by atoms with Crippen molar-refractivity contribution < 1.29 is 18.8 Å². The molecule has 2 aromatic carbocycles. The number of anilines is 2. The van der Waals surface area contributed by atoms with Gasteiger partial charge in [0.15, 0.2) is 0 Å². The number of amides is 3. The Morgan fingerprint density at radius 3 is 2.57 bits per heavy atom. The Bertz CT molecular complexity index is 1010. The zero-order valence-electron chi connectivity index (χ0n) is 16.2. The Kier molecular flexibility index (Phi) is 5.72. The van der Waals surface area contributed by atoms with Gasteiger partial charge in [0.2, 0.25) is 11.8 Å². The second-order valence-electron chi connectivity index (χ2n) is 7.54. The van der Waals surface area contributed by atoms with Crippen molar-refractivity contribution >= 4 is 40.7 Å². The Morgan fingerprint density at radius 1 is 1.10 bits per heavy atom. The lowest BCUT2D eigenvalue weighted by Crippen LogP contribution is -2.31. The topological polar surface area (TPSA) is 69.7 Å². The van der Waals surface area contributed by atoms with Crippen molar-refractivity contribution in [1.82, 2.24) is 4.90 Å². The molecule has 30 heavy (non-hydrogen) atoms. The highest BCUT2D eigenvalue weighted by atomic mass is 35.5. The number of para-hydroxylation sites is 1.